The Morgan fingerprint density at radius 1 is 1.21 bits per heavy atom. The quantitative estimate of drug-likeness (QED) is 0.783. The van der Waals surface area contributed by atoms with Crippen LogP contribution in [0.4, 0.5) is 0 Å². The van der Waals surface area contributed by atoms with E-state index in [1.165, 1.54) is 19.3 Å². The Hall–Kier alpha value is -0.810. The third-order valence-corrected chi connectivity index (χ3v) is 5.89. The summed E-state index contributed by atoms with van der Waals surface area (Å²) in [6.07, 6.45) is 3.66. The second kappa shape index (κ2) is 8.52. The molecule has 1 atom stereocenters. The van der Waals surface area contributed by atoms with Gasteiger partial charge in [0, 0.05) is 31.2 Å². The summed E-state index contributed by atoms with van der Waals surface area (Å²) in [6.45, 7) is 6.56. The lowest BCUT2D eigenvalue weighted by Crippen LogP contribution is -2.49. The maximum atomic E-state index is 5.89. The van der Waals surface area contributed by atoms with Crippen molar-refractivity contribution in [2.45, 2.75) is 19.3 Å². The van der Waals surface area contributed by atoms with E-state index in [1.807, 2.05) is 24.3 Å². The molecule has 0 amide bonds. The summed E-state index contributed by atoms with van der Waals surface area (Å²) < 4.78 is 16.9. The van der Waals surface area contributed by atoms with E-state index in [0.717, 1.165) is 56.8 Å². The van der Waals surface area contributed by atoms with E-state index >= 15 is 0 Å². The van der Waals surface area contributed by atoms with Gasteiger partial charge >= 0.3 is 0 Å². The van der Waals surface area contributed by atoms with Gasteiger partial charge in [-0.1, -0.05) is 11.6 Å². The Bertz CT molecular complexity index is 498. The van der Waals surface area contributed by atoms with Crippen LogP contribution >= 0.6 is 11.6 Å². The second-order valence-corrected chi connectivity index (χ2v) is 7.42. The minimum atomic E-state index is 0.418. The largest absolute Gasteiger partial charge is 0.492 e. The van der Waals surface area contributed by atoms with E-state index in [4.69, 9.17) is 25.8 Å². The Labute approximate surface area is 150 Å². The first-order chi connectivity index (χ1) is 11.7. The lowest BCUT2D eigenvalue weighted by Gasteiger charge is -2.48. The first kappa shape index (κ1) is 18.0. The number of benzene rings is 1. The fraction of sp³-hybridized carbons (Fsp3) is 0.684. The minimum absolute atomic E-state index is 0.418. The monoisotopic (exact) mass is 353 g/mol. The molecule has 3 rings (SSSR count). The van der Waals surface area contributed by atoms with Crippen LogP contribution < -0.4 is 4.74 Å². The lowest BCUT2D eigenvalue weighted by molar-refractivity contribution is -0.0948. The highest BCUT2D eigenvalue weighted by atomic mass is 35.5. The molecule has 24 heavy (non-hydrogen) atoms. The molecular weight excluding hydrogens is 326 g/mol. The molecule has 1 aromatic carbocycles. The summed E-state index contributed by atoms with van der Waals surface area (Å²) in [5, 5.41) is 0.741. The highest BCUT2D eigenvalue weighted by Gasteiger charge is 2.43. The molecule has 0 aromatic heterocycles. The van der Waals surface area contributed by atoms with Gasteiger partial charge < -0.3 is 14.2 Å². The van der Waals surface area contributed by atoms with E-state index in [9.17, 15) is 0 Å². The van der Waals surface area contributed by atoms with Gasteiger partial charge in [-0.3, -0.25) is 4.90 Å². The van der Waals surface area contributed by atoms with Crippen molar-refractivity contribution in [1.29, 1.82) is 0 Å². The van der Waals surface area contributed by atoms with Crippen LogP contribution in [0, 0.1) is 11.3 Å². The molecule has 2 aliphatic heterocycles. The first-order valence-electron chi connectivity index (χ1n) is 8.89. The number of ether oxygens (including phenoxy) is 3. The van der Waals surface area contributed by atoms with E-state index in [1.54, 1.807) is 7.11 Å². The maximum Gasteiger partial charge on any atom is 0.119 e. The van der Waals surface area contributed by atoms with Gasteiger partial charge in [0.2, 0.25) is 0 Å². The van der Waals surface area contributed by atoms with E-state index in [-0.39, 0.29) is 0 Å². The summed E-state index contributed by atoms with van der Waals surface area (Å²) in [5.41, 5.74) is 0.418. The normalized spacial score (nSPS) is 24.2. The molecule has 0 radical (unpaired) electrons. The van der Waals surface area contributed by atoms with E-state index < -0.39 is 0 Å². The van der Waals surface area contributed by atoms with Crippen molar-refractivity contribution in [3.05, 3.63) is 29.3 Å². The number of hydrogen-bond acceptors (Lipinski definition) is 4. The van der Waals surface area contributed by atoms with Crippen molar-refractivity contribution in [3.63, 3.8) is 0 Å². The van der Waals surface area contributed by atoms with Gasteiger partial charge in [0.15, 0.2) is 0 Å². The molecule has 2 heterocycles. The third kappa shape index (κ3) is 4.42. The molecule has 0 saturated carbocycles. The zero-order valence-corrected chi connectivity index (χ0v) is 15.3. The molecule has 2 fully saturated rings. The summed E-state index contributed by atoms with van der Waals surface area (Å²) in [4.78, 5) is 2.51. The average molecular weight is 354 g/mol. The van der Waals surface area contributed by atoms with Gasteiger partial charge in [-0.25, -0.2) is 0 Å². The summed E-state index contributed by atoms with van der Waals surface area (Å²) in [7, 11) is 1.80. The molecule has 5 heteroatoms. The molecule has 2 saturated heterocycles. The van der Waals surface area contributed by atoms with Crippen LogP contribution in [0.1, 0.15) is 19.3 Å². The number of rotatable bonds is 6. The van der Waals surface area contributed by atoms with Crippen LogP contribution in [-0.2, 0) is 9.47 Å². The van der Waals surface area contributed by atoms with Gasteiger partial charge in [0.25, 0.3) is 0 Å². The fourth-order valence-corrected chi connectivity index (χ4v) is 4.14. The Kier molecular flexibility index (Phi) is 6.39. The molecule has 0 unspecified atom stereocenters. The number of piperidine rings is 1. The smallest absolute Gasteiger partial charge is 0.119 e. The van der Waals surface area contributed by atoms with Crippen molar-refractivity contribution in [3.8, 4) is 5.75 Å². The molecule has 134 valence electrons. The molecule has 0 bridgehead atoms. The van der Waals surface area contributed by atoms with Crippen LogP contribution in [0.5, 0.6) is 5.75 Å². The van der Waals surface area contributed by atoms with E-state index in [2.05, 4.69) is 4.90 Å². The van der Waals surface area contributed by atoms with Crippen molar-refractivity contribution >= 4 is 11.6 Å². The first-order valence-corrected chi connectivity index (χ1v) is 9.27. The highest BCUT2D eigenvalue weighted by Crippen LogP contribution is 2.44. The maximum absolute atomic E-state index is 5.89. The van der Waals surface area contributed by atoms with Crippen LogP contribution in [0.3, 0.4) is 0 Å². The second-order valence-electron chi connectivity index (χ2n) is 6.98. The molecule has 0 N–H and O–H groups in total. The predicted octanol–water partition coefficient (Wildman–Crippen LogP) is 3.48. The SMILES string of the molecule is COC[C@@H]1COCCC12CCN(CCOc1ccc(Cl)cc1)CC2. The van der Waals surface area contributed by atoms with Gasteiger partial charge in [0.05, 0.1) is 13.2 Å². The molecule has 1 aromatic rings. The fourth-order valence-electron chi connectivity index (χ4n) is 4.01. The molecule has 4 nitrogen and oxygen atoms in total. The molecule has 1 spiro atoms. The van der Waals surface area contributed by atoms with Crippen LogP contribution in [-0.4, -0.2) is 58.1 Å². The highest BCUT2D eigenvalue weighted by molar-refractivity contribution is 6.30. The van der Waals surface area contributed by atoms with Crippen molar-refractivity contribution in [2.24, 2.45) is 11.3 Å². The standard InChI is InChI=1S/C19H28ClNO3/c1-22-14-16-15-23-12-8-19(16)6-9-21(10-7-19)11-13-24-18-4-2-17(20)3-5-18/h2-5,16H,6-15H2,1H3/t16-/m1/s1. The number of hydrogen-bond donors (Lipinski definition) is 0. The van der Waals surface area contributed by atoms with Crippen molar-refractivity contribution in [1.82, 2.24) is 4.90 Å². The van der Waals surface area contributed by atoms with Gasteiger partial charge in [-0.2, -0.15) is 0 Å². The zero-order chi connectivity index (χ0) is 16.8. The summed E-state index contributed by atoms with van der Waals surface area (Å²) in [5.74, 6) is 1.43. The zero-order valence-electron chi connectivity index (χ0n) is 14.5. The number of nitrogens with zero attached hydrogens (tertiary/aromatic N) is 1. The molecular formula is C19H28ClNO3. The Balaban J connectivity index is 1.43. The lowest BCUT2D eigenvalue weighted by atomic mass is 9.66. The Morgan fingerprint density at radius 3 is 2.67 bits per heavy atom. The average Bonchev–Trinajstić information content (AvgIpc) is 2.61. The minimum Gasteiger partial charge on any atom is -0.492 e. The molecule has 2 aliphatic rings. The van der Waals surface area contributed by atoms with Crippen molar-refractivity contribution < 1.29 is 14.2 Å². The van der Waals surface area contributed by atoms with Gasteiger partial charge in [-0.05, 0) is 62.0 Å². The topological polar surface area (TPSA) is 30.9 Å². The van der Waals surface area contributed by atoms with Crippen LogP contribution in [0.15, 0.2) is 24.3 Å². The van der Waals surface area contributed by atoms with Crippen molar-refractivity contribution in [2.75, 3.05) is 53.2 Å². The van der Waals surface area contributed by atoms with Crippen LogP contribution in [0.2, 0.25) is 5.02 Å². The Morgan fingerprint density at radius 2 is 1.96 bits per heavy atom. The van der Waals surface area contributed by atoms with Crippen LogP contribution in [0.25, 0.3) is 0 Å². The number of halogens is 1. The van der Waals surface area contributed by atoms with Gasteiger partial charge in [-0.15, -0.1) is 0 Å². The number of methoxy groups -OCH3 is 1. The molecule has 0 aliphatic carbocycles. The third-order valence-electron chi connectivity index (χ3n) is 5.64. The summed E-state index contributed by atoms with van der Waals surface area (Å²) in [6, 6.07) is 7.57. The number of likely N-dealkylation sites (tertiary alicyclic amines) is 1. The van der Waals surface area contributed by atoms with E-state index in [0.29, 0.717) is 11.3 Å². The summed E-state index contributed by atoms with van der Waals surface area (Å²) >= 11 is 5.89. The van der Waals surface area contributed by atoms with Gasteiger partial charge in [0.1, 0.15) is 12.4 Å². The predicted molar refractivity (Wildman–Crippen MR) is 95.9 cm³/mol.